The van der Waals surface area contributed by atoms with Crippen LogP contribution < -0.4 is 4.74 Å². The van der Waals surface area contributed by atoms with Crippen LogP contribution >= 0.6 is 0 Å². The van der Waals surface area contributed by atoms with Crippen molar-refractivity contribution >= 4 is 17.4 Å². The Balaban J connectivity index is 2.22. The van der Waals surface area contributed by atoms with E-state index in [-0.39, 0.29) is 22.6 Å². The summed E-state index contributed by atoms with van der Waals surface area (Å²) in [4.78, 5) is 26.9. The fraction of sp³-hybridized carbons (Fsp3) is 0.273. The normalized spacial score (nSPS) is 18.3. The van der Waals surface area contributed by atoms with Crippen LogP contribution in [0.5, 0.6) is 11.5 Å². The smallest absolute Gasteiger partial charge is 0.295 e. The first kappa shape index (κ1) is 20.4. The van der Waals surface area contributed by atoms with Crippen LogP contribution in [0.1, 0.15) is 36.9 Å². The van der Waals surface area contributed by atoms with Crippen LogP contribution in [-0.2, 0) is 9.59 Å². The number of likely N-dealkylation sites (tertiary alicyclic amines) is 1. The lowest BCUT2D eigenvalue weighted by molar-refractivity contribution is -0.139. The first-order valence-corrected chi connectivity index (χ1v) is 9.30. The molecule has 0 aliphatic carbocycles. The Morgan fingerprint density at radius 2 is 1.86 bits per heavy atom. The van der Waals surface area contributed by atoms with Crippen LogP contribution in [-0.4, -0.2) is 40.5 Å². The number of nitrogens with zero attached hydrogens (tertiary/aromatic N) is 1. The summed E-state index contributed by atoms with van der Waals surface area (Å²) in [6.45, 7) is 2.29. The van der Waals surface area contributed by atoms with Crippen LogP contribution in [0.25, 0.3) is 5.76 Å². The fourth-order valence-electron chi connectivity index (χ4n) is 3.45. The summed E-state index contributed by atoms with van der Waals surface area (Å²) in [6, 6.07) is 8.77. The van der Waals surface area contributed by atoms with Gasteiger partial charge in [-0.25, -0.2) is 4.39 Å². The number of unbranched alkanes of at least 4 members (excludes halogenated alkanes) is 1. The van der Waals surface area contributed by atoms with Gasteiger partial charge in [-0.3, -0.25) is 9.59 Å². The lowest BCUT2D eigenvalue weighted by Crippen LogP contribution is -2.30. The topological polar surface area (TPSA) is 87.1 Å². The van der Waals surface area contributed by atoms with E-state index in [1.54, 1.807) is 12.1 Å². The minimum atomic E-state index is -0.852. The molecule has 1 saturated heterocycles. The van der Waals surface area contributed by atoms with Gasteiger partial charge in [0.25, 0.3) is 11.7 Å². The second-order valence-corrected chi connectivity index (χ2v) is 6.78. The largest absolute Gasteiger partial charge is 0.508 e. The number of carbonyl (C=O) groups is 2. The zero-order valence-electron chi connectivity index (χ0n) is 16.2. The third-order valence-electron chi connectivity index (χ3n) is 4.92. The van der Waals surface area contributed by atoms with E-state index >= 15 is 0 Å². The number of aliphatic hydroxyl groups excluding tert-OH is 1. The number of ketones is 1. The molecule has 1 unspecified atom stereocenters. The lowest BCUT2D eigenvalue weighted by atomic mass is 9.95. The Hall–Kier alpha value is -3.35. The van der Waals surface area contributed by atoms with Crippen molar-refractivity contribution in [2.24, 2.45) is 0 Å². The molecule has 3 rings (SSSR count). The van der Waals surface area contributed by atoms with E-state index in [9.17, 15) is 24.2 Å². The third kappa shape index (κ3) is 3.81. The molecule has 2 aromatic carbocycles. The summed E-state index contributed by atoms with van der Waals surface area (Å²) in [6.07, 6.45) is 1.48. The molecular formula is C22H22FNO5. The van der Waals surface area contributed by atoms with Gasteiger partial charge < -0.3 is 19.8 Å². The van der Waals surface area contributed by atoms with Gasteiger partial charge in [-0.15, -0.1) is 0 Å². The molecule has 1 atom stereocenters. The summed E-state index contributed by atoms with van der Waals surface area (Å²) < 4.78 is 19.0. The average molecular weight is 399 g/mol. The summed E-state index contributed by atoms with van der Waals surface area (Å²) in [5.41, 5.74) is 0.403. The van der Waals surface area contributed by atoms with Gasteiger partial charge in [0.15, 0.2) is 0 Å². The summed E-state index contributed by atoms with van der Waals surface area (Å²) in [5.74, 6) is -2.49. The molecule has 0 aromatic heterocycles. The zero-order chi connectivity index (χ0) is 21.1. The van der Waals surface area contributed by atoms with Crippen molar-refractivity contribution in [2.75, 3.05) is 13.7 Å². The number of Topliss-reactive ketones (excluding diaryl/α,β-unsaturated/α-hetero) is 1. The number of aliphatic hydroxyl groups is 1. The number of aromatic hydroxyl groups is 1. The number of ether oxygens (including phenoxy) is 1. The van der Waals surface area contributed by atoms with Crippen LogP contribution in [0.3, 0.4) is 0 Å². The standard InChI is InChI=1S/C22H22FNO5/c1-3-4-11-24-19(13-5-8-15(25)9-6-13)18(21(27)22(24)28)20(26)16-12-14(23)7-10-17(16)29-2/h5-10,12,19,25-26H,3-4,11H2,1-2H3/b20-18+. The van der Waals surface area contributed by atoms with Crippen molar-refractivity contribution < 1.29 is 28.9 Å². The van der Waals surface area contributed by atoms with Crippen LogP contribution in [0.15, 0.2) is 48.0 Å². The molecule has 0 spiro atoms. The van der Waals surface area contributed by atoms with E-state index in [0.29, 0.717) is 18.5 Å². The lowest BCUT2D eigenvalue weighted by Gasteiger charge is -2.25. The number of carbonyl (C=O) groups excluding carboxylic acids is 2. The first-order valence-electron chi connectivity index (χ1n) is 9.30. The van der Waals surface area contributed by atoms with Gasteiger partial charge in [-0.05, 0) is 42.3 Å². The van der Waals surface area contributed by atoms with E-state index in [0.717, 1.165) is 12.5 Å². The number of amides is 1. The Labute approximate surface area is 167 Å². The van der Waals surface area contributed by atoms with Gasteiger partial charge in [-0.1, -0.05) is 25.5 Å². The van der Waals surface area contributed by atoms with E-state index < -0.39 is 29.3 Å². The van der Waals surface area contributed by atoms with Crippen molar-refractivity contribution in [2.45, 2.75) is 25.8 Å². The van der Waals surface area contributed by atoms with Crippen LogP contribution in [0.4, 0.5) is 4.39 Å². The predicted molar refractivity (Wildman–Crippen MR) is 105 cm³/mol. The van der Waals surface area contributed by atoms with Gasteiger partial charge >= 0.3 is 0 Å². The monoisotopic (exact) mass is 399 g/mol. The number of phenols is 1. The molecule has 1 amide bonds. The van der Waals surface area contributed by atoms with Gasteiger partial charge in [0, 0.05) is 6.54 Å². The molecule has 1 aliphatic rings. The number of halogens is 1. The predicted octanol–water partition coefficient (Wildman–Crippen LogP) is 3.76. The van der Waals surface area contributed by atoms with Gasteiger partial charge in [-0.2, -0.15) is 0 Å². The molecule has 152 valence electrons. The molecule has 0 bridgehead atoms. The van der Waals surface area contributed by atoms with Crippen molar-refractivity contribution in [3.63, 3.8) is 0 Å². The molecule has 1 aliphatic heterocycles. The SMILES string of the molecule is CCCCN1C(=O)C(=O)/C(=C(/O)c2cc(F)ccc2OC)C1c1ccc(O)cc1. The Morgan fingerprint density at radius 3 is 2.48 bits per heavy atom. The van der Waals surface area contributed by atoms with Gasteiger partial charge in [0.05, 0.1) is 24.3 Å². The van der Waals surface area contributed by atoms with E-state index in [4.69, 9.17) is 4.74 Å². The van der Waals surface area contributed by atoms with Crippen LogP contribution in [0, 0.1) is 5.82 Å². The van der Waals surface area contributed by atoms with E-state index in [2.05, 4.69) is 0 Å². The van der Waals surface area contributed by atoms with Crippen molar-refractivity contribution in [3.05, 3.63) is 65.0 Å². The quantitative estimate of drug-likeness (QED) is 0.439. The minimum Gasteiger partial charge on any atom is -0.508 e. The van der Waals surface area contributed by atoms with Crippen molar-refractivity contribution in [1.82, 2.24) is 4.90 Å². The number of hydrogen-bond donors (Lipinski definition) is 2. The molecule has 0 saturated carbocycles. The summed E-state index contributed by atoms with van der Waals surface area (Å²) in [5, 5.41) is 20.6. The molecule has 29 heavy (non-hydrogen) atoms. The molecule has 7 heteroatoms. The van der Waals surface area contributed by atoms with E-state index in [1.165, 1.54) is 36.3 Å². The van der Waals surface area contributed by atoms with Crippen LogP contribution in [0.2, 0.25) is 0 Å². The summed E-state index contributed by atoms with van der Waals surface area (Å²) >= 11 is 0. The second-order valence-electron chi connectivity index (χ2n) is 6.78. The molecule has 2 N–H and O–H groups in total. The Bertz CT molecular complexity index is 968. The second kappa shape index (κ2) is 8.34. The maximum atomic E-state index is 13.8. The summed E-state index contributed by atoms with van der Waals surface area (Å²) in [7, 11) is 1.36. The molecule has 0 radical (unpaired) electrons. The number of phenolic OH excluding ortho intramolecular Hbond substituents is 1. The molecule has 1 fully saturated rings. The average Bonchev–Trinajstić information content (AvgIpc) is 2.97. The zero-order valence-corrected chi connectivity index (χ0v) is 16.2. The third-order valence-corrected chi connectivity index (χ3v) is 4.92. The maximum Gasteiger partial charge on any atom is 0.295 e. The minimum absolute atomic E-state index is 0.00947. The number of hydrogen-bond acceptors (Lipinski definition) is 5. The molecule has 1 heterocycles. The number of rotatable bonds is 6. The Kier molecular flexibility index (Phi) is 5.87. The molecular weight excluding hydrogens is 377 g/mol. The van der Waals surface area contributed by atoms with Crippen molar-refractivity contribution in [3.8, 4) is 11.5 Å². The van der Waals surface area contributed by atoms with Gasteiger partial charge in [0.2, 0.25) is 0 Å². The highest BCUT2D eigenvalue weighted by atomic mass is 19.1. The van der Waals surface area contributed by atoms with E-state index in [1.807, 2.05) is 6.92 Å². The highest BCUT2D eigenvalue weighted by Gasteiger charge is 2.46. The Morgan fingerprint density at radius 1 is 1.17 bits per heavy atom. The van der Waals surface area contributed by atoms with Crippen molar-refractivity contribution in [1.29, 1.82) is 0 Å². The molecule has 6 nitrogen and oxygen atoms in total. The highest BCUT2D eigenvalue weighted by Crippen LogP contribution is 2.41. The molecule has 2 aromatic rings. The first-order chi connectivity index (χ1) is 13.9. The highest BCUT2D eigenvalue weighted by molar-refractivity contribution is 6.46. The maximum absolute atomic E-state index is 13.8. The number of benzene rings is 2. The fourth-order valence-corrected chi connectivity index (χ4v) is 3.45. The number of methoxy groups -OCH3 is 1. The van der Waals surface area contributed by atoms with Gasteiger partial charge in [0.1, 0.15) is 23.1 Å².